The second-order valence-electron chi connectivity index (χ2n) is 3.33. The first kappa shape index (κ1) is 9.54. The summed E-state index contributed by atoms with van der Waals surface area (Å²) in [4.78, 5) is 8.80. The number of fused-ring (bicyclic) bond motifs is 1. The molecule has 0 bridgehead atoms. The average molecular weight is 275 g/mol. The smallest absolute Gasteiger partial charge is 0.197 e. The van der Waals surface area contributed by atoms with E-state index in [1.54, 1.807) is 6.26 Å². The number of halogens is 1. The van der Waals surface area contributed by atoms with Crippen molar-refractivity contribution < 1.29 is 4.42 Å². The van der Waals surface area contributed by atoms with Gasteiger partial charge in [0.1, 0.15) is 4.60 Å². The molecule has 4 heteroatoms. The Balaban J connectivity index is 2.29. The maximum Gasteiger partial charge on any atom is 0.197 e. The van der Waals surface area contributed by atoms with E-state index in [9.17, 15) is 0 Å². The fraction of sp³-hybridized carbons (Fsp3) is 0. The van der Waals surface area contributed by atoms with Crippen LogP contribution in [-0.2, 0) is 0 Å². The van der Waals surface area contributed by atoms with Crippen molar-refractivity contribution in [3.8, 4) is 11.6 Å². The number of rotatable bonds is 1. The normalized spacial score (nSPS) is 10.8. The van der Waals surface area contributed by atoms with Gasteiger partial charge in [0.15, 0.2) is 11.6 Å². The Morgan fingerprint density at radius 1 is 1.00 bits per heavy atom. The third-order valence-corrected chi connectivity index (χ3v) is 2.90. The number of para-hydroxylation sites is 1. The molecule has 0 aliphatic carbocycles. The van der Waals surface area contributed by atoms with Gasteiger partial charge in [-0.25, -0.2) is 9.97 Å². The van der Waals surface area contributed by atoms with Gasteiger partial charge in [-0.15, -0.1) is 0 Å². The van der Waals surface area contributed by atoms with E-state index in [2.05, 4.69) is 25.9 Å². The van der Waals surface area contributed by atoms with E-state index in [1.165, 1.54) is 0 Å². The number of hydrogen-bond donors (Lipinski definition) is 0. The molecule has 0 atom stereocenters. The number of benzene rings is 1. The maximum absolute atomic E-state index is 5.28. The van der Waals surface area contributed by atoms with Gasteiger partial charge in [0.05, 0.1) is 11.8 Å². The topological polar surface area (TPSA) is 38.9 Å². The monoisotopic (exact) mass is 274 g/mol. The molecule has 0 N–H and O–H groups in total. The maximum atomic E-state index is 5.28. The van der Waals surface area contributed by atoms with Crippen molar-refractivity contribution in [2.45, 2.75) is 0 Å². The van der Waals surface area contributed by atoms with Crippen molar-refractivity contribution in [1.82, 2.24) is 9.97 Å². The lowest BCUT2D eigenvalue weighted by molar-refractivity contribution is 0.577. The summed E-state index contributed by atoms with van der Waals surface area (Å²) in [7, 11) is 0. The summed E-state index contributed by atoms with van der Waals surface area (Å²) in [5, 5.41) is 0.998. The summed E-state index contributed by atoms with van der Waals surface area (Å²) in [5.74, 6) is 1.27. The third-order valence-electron chi connectivity index (χ3n) is 2.30. The molecule has 3 aromatic rings. The Labute approximate surface area is 100 Å². The molecule has 0 aliphatic heterocycles. The van der Waals surface area contributed by atoms with Gasteiger partial charge in [0.25, 0.3) is 0 Å². The fourth-order valence-electron chi connectivity index (χ4n) is 1.55. The molecule has 0 unspecified atom stereocenters. The van der Waals surface area contributed by atoms with E-state index in [1.807, 2.05) is 36.4 Å². The minimum atomic E-state index is 0.593. The third kappa shape index (κ3) is 1.51. The second-order valence-corrected chi connectivity index (χ2v) is 4.08. The van der Waals surface area contributed by atoms with Crippen LogP contribution in [0.3, 0.4) is 0 Å². The zero-order chi connectivity index (χ0) is 11.0. The largest absolute Gasteiger partial charge is 0.461 e. The van der Waals surface area contributed by atoms with E-state index < -0.39 is 0 Å². The van der Waals surface area contributed by atoms with Crippen molar-refractivity contribution in [3.05, 3.63) is 47.3 Å². The molecule has 3 nitrogen and oxygen atoms in total. The molecule has 0 saturated heterocycles. The van der Waals surface area contributed by atoms with Gasteiger partial charge < -0.3 is 4.42 Å². The number of nitrogens with zero attached hydrogens (tertiary/aromatic N) is 2. The summed E-state index contributed by atoms with van der Waals surface area (Å²) in [6.45, 7) is 0. The van der Waals surface area contributed by atoms with Gasteiger partial charge in [-0.1, -0.05) is 18.2 Å². The first-order valence-corrected chi connectivity index (χ1v) is 5.60. The minimum Gasteiger partial charge on any atom is -0.461 e. The average Bonchev–Trinajstić information content (AvgIpc) is 2.82. The van der Waals surface area contributed by atoms with Crippen molar-refractivity contribution in [2.24, 2.45) is 0 Å². The van der Waals surface area contributed by atoms with Crippen molar-refractivity contribution in [3.63, 3.8) is 0 Å². The first-order chi connectivity index (χ1) is 7.84. The highest BCUT2D eigenvalue weighted by Gasteiger charge is 2.08. The molecule has 1 aromatic carbocycles. The lowest BCUT2D eigenvalue weighted by Gasteiger charge is -2.01. The predicted molar refractivity (Wildman–Crippen MR) is 64.9 cm³/mol. The van der Waals surface area contributed by atoms with Crippen LogP contribution in [-0.4, -0.2) is 9.97 Å². The number of aromatic nitrogens is 2. The Morgan fingerprint density at radius 3 is 2.69 bits per heavy atom. The van der Waals surface area contributed by atoms with Crippen LogP contribution in [0.25, 0.3) is 22.5 Å². The highest BCUT2D eigenvalue weighted by molar-refractivity contribution is 9.10. The van der Waals surface area contributed by atoms with Crippen molar-refractivity contribution >= 4 is 26.8 Å². The quantitative estimate of drug-likeness (QED) is 0.636. The van der Waals surface area contributed by atoms with Crippen LogP contribution in [0.4, 0.5) is 0 Å². The Bertz CT molecular complexity index is 635. The summed E-state index contributed by atoms with van der Waals surface area (Å²) >= 11 is 3.44. The molecule has 0 radical (unpaired) electrons. The lowest BCUT2D eigenvalue weighted by atomic mass is 10.2. The van der Waals surface area contributed by atoms with Gasteiger partial charge in [-0.2, -0.15) is 0 Å². The van der Waals surface area contributed by atoms with Crippen LogP contribution in [0.2, 0.25) is 0 Å². The molecule has 2 aromatic heterocycles. The van der Waals surface area contributed by atoms with Crippen LogP contribution >= 0.6 is 15.9 Å². The zero-order valence-corrected chi connectivity index (χ0v) is 9.81. The summed E-state index contributed by atoms with van der Waals surface area (Å²) in [6, 6.07) is 11.5. The molecule has 0 amide bonds. The van der Waals surface area contributed by atoms with E-state index in [-0.39, 0.29) is 0 Å². The van der Waals surface area contributed by atoms with Crippen molar-refractivity contribution in [2.75, 3.05) is 0 Å². The first-order valence-electron chi connectivity index (χ1n) is 4.81. The summed E-state index contributed by atoms with van der Waals surface area (Å²) in [6.07, 6.45) is 1.61. The van der Waals surface area contributed by atoms with E-state index in [0.717, 1.165) is 15.5 Å². The molecule has 16 heavy (non-hydrogen) atoms. The van der Waals surface area contributed by atoms with Gasteiger partial charge in [-0.3, -0.25) is 0 Å². The molecule has 2 heterocycles. The minimum absolute atomic E-state index is 0.593. The van der Waals surface area contributed by atoms with Crippen LogP contribution in [0, 0.1) is 0 Å². The van der Waals surface area contributed by atoms with Gasteiger partial charge in [0, 0.05) is 5.39 Å². The molecular formula is C12H7BrN2O. The zero-order valence-electron chi connectivity index (χ0n) is 8.22. The molecule has 3 rings (SSSR count). The highest BCUT2D eigenvalue weighted by Crippen LogP contribution is 2.24. The lowest BCUT2D eigenvalue weighted by Crippen LogP contribution is -1.90. The van der Waals surface area contributed by atoms with E-state index in [0.29, 0.717) is 11.6 Å². The van der Waals surface area contributed by atoms with Crippen LogP contribution in [0.1, 0.15) is 0 Å². The van der Waals surface area contributed by atoms with E-state index >= 15 is 0 Å². The fourth-order valence-corrected chi connectivity index (χ4v) is 2.06. The standard InChI is InChI=1S/C12H7BrN2O/c13-11-8-4-1-2-5-9(8)14-12(15-11)10-6-3-7-16-10/h1-7H. The number of furan rings is 1. The molecule has 0 aliphatic rings. The van der Waals surface area contributed by atoms with Gasteiger partial charge in [-0.05, 0) is 34.1 Å². The molecule has 0 fully saturated rings. The van der Waals surface area contributed by atoms with Gasteiger partial charge >= 0.3 is 0 Å². The van der Waals surface area contributed by atoms with Crippen LogP contribution in [0.5, 0.6) is 0 Å². The highest BCUT2D eigenvalue weighted by atomic mass is 79.9. The van der Waals surface area contributed by atoms with Gasteiger partial charge in [0.2, 0.25) is 0 Å². The molecular weight excluding hydrogens is 268 g/mol. The summed E-state index contributed by atoms with van der Waals surface area (Å²) in [5.41, 5.74) is 0.899. The van der Waals surface area contributed by atoms with Crippen molar-refractivity contribution in [1.29, 1.82) is 0 Å². The Morgan fingerprint density at radius 2 is 1.88 bits per heavy atom. The number of hydrogen-bond acceptors (Lipinski definition) is 3. The summed E-state index contributed by atoms with van der Waals surface area (Å²) < 4.78 is 6.06. The molecule has 0 spiro atoms. The Hall–Kier alpha value is -1.68. The second kappa shape index (κ2) is 3.72. The van der Waals surface area contributed by atoms with E-state index in [4.69, 9.17) is 4.42 Å². The van der Waals surface area contributed by atoms with Crippen LogP contribution in [0.15, 0.2) is 51.7 Å². The SMILES string of the molecule is Brc1nc(-c2ccco2)nc2ccccc12. The molecule has 0 saturated carbocycles. The van der Waals surface area contributed by atoms with Crippen LogP contribution < -0.4 is 0 Å². The molecule has 78 valence electrons. The Kier molecular flexibility index (Phi) is 2.22. The predicted octanol–water partition coefficient (Wildman–Crippen LogP) is 3.65.